The van der Waals surface area contributed by atoms with Crippen molar-refractivity contribution in [3.8, 4) is 0 Å². The fourth-order valence-corrected chi connectivity index (χ4v) is 2.12. The maximum atomic E-state index is 9.06. The summed E-state index contributed by atoms with van der Waals surface area (Å²) in [6.45, 7) is 3.42. The first kappa shape index (κ1) is 13.8. The number of aliphatic hydroxyl groups excluding tert-OH is 1. The van der Waals surface area contributed by atoms with Gasteiger partial charge in [-0.1, -0.05) is 17.7 Å². The summed E-state index contributed by atoms with van der Waals surface area (Å²) in [5.41, 5.74) is 1.68. The summed E-state index contributed by atoms with van der Waals surface area (Å²) >= 11 is 6.21. The van der Waals surface area contributed by atoms with E-state index in [2.05, 4.69) is 9.97 Å². The second-order valence-corrected chi connectivity index (χ2v) is 4.55. The van der Waals surface area contributed by atoms with Gasteiger partial charge in [0.05, 0.1) is 23.9 Å². The van der Waals surface area contributed by atoms with Crippen molar-refractivity contribution < 1.29 is 5.11 Å². The van der Waals surface area contributed by atoms with Gasteiger partial charge in [0.15, 0.2) is 0 Å². The first-order valence-corrected chi connectivity index (χ1v) is 6.52. The van der Waals surface area contributed by atoms with Crippen LogP contribution in [-0.2, 0) is 13.2 Å². The van der Waals surface area contributed by atoms with Crippen molar-refractivity contribution in [2.45, 2.75) is 20.1 Å². The Morgan fingerprint density at radius 2 is 2.16 bits per heavy atom. The average molecular weight is 278 g/mol. The third kappa shape index (κ3) is 3.43. The van der Waals surface area contributed by atoms with Crippen LogP contribution in [0.3, 0.4) is 0 Å². The molecule has 19 heavy (non-hydrogen) atoms. The molecule has 0 fully saturated rings. The van der Waals surface area contributed by atoms with Crippen LogP contribution in [0.2, 0.25) is 5.02 Å². The Morgan fingerprint density at radius 3 is 2.74 bits per heavy atom. The van der Waals surface area contributed by atoms with E-state index in [1.807, 2.05) is 30.0 Å². The monoisotopic (exact) mass is 277 g/mol. The normalized spacial score (nSPS) is 10.5. The van der Waals surface area contributed by atoms with E-state index in [0.29, 0.717) is 22.9 Å². The molecule has 4 nitrogen and oxygen atoms in total. The molecule has 2 rings (SSSR count). The molecule has 2 heterocycles. The van der Waals surface area contributed by atoms with Gasteiger partial charge in [-0.05, 0) is 30.7 Å². The number of rotatable bonds is 5. The molecule has 0 unspecified atom stereocenters. The Morgan fingerprint density at radius 1 is 1.32 bits per heavy atom. The van der Waals surface area contributed by atoms with Crippen LogP contribution in [0.1, 0.15) is 18.2 Å². The number of hydrogen-bond donors (Lipinski definition) is 1. The second-order valence-electron chi connectivity index (χ2n) is 4.14. The first-order valence-electron chi connectivity index (χ1n) is 6.14. The van der Waals surface area contributed by atoms with Gasteiger partial charge in [-0.15, -0.1) is 0 Å². The summed E-state index contributed by atoms with van der Waals surface area (Å²) in [5, 5.41) is 9.61. The van der Waals surface area contributed by atoms with Crippen molar-refractivity contribution in [3.05, 3.63) is 52.9 Å². The van der Waals surface area contributed by atoms with Crippen LogP contribution in [0.15, 0.2) is 36.7 Å². The SMILES string of the molecule is CCN(Cc1ccccn1)c1ncc(CO)cc1Cl. The van der Waals surface area contributed by atoms with E-state index in [9.17, 15) is 0 Å². The van der Waals surface area contributed by atoms with Gasteiger partial charge < -0.3 is 10.0 Å². The topological polar surface area (TPSA) is 49.2 Å². The Balaban J connectivity index is 2.22. The Bertz CT molecular complexity index is 533. The highest BCUT2D eigenvalue weighted by Gasteiger charge is 2.12. The molecule has 0 aliphatic rings. The molecule has 2 aromatic heterocycles. The van der Waals surface area contributed by atoms with Crippen LogP contribution >= 0.6 is 11.6 Å². The minimum atomic E-state index is -0.0562. The number of halogens is 1. The molecular formula is C14H16ClN3O. The highest BCUT2D eigenvalue weighted by atomic mass is 35.5. The molecule has 0 aromatic carbocycles. The molecule has 0 amide bonds. The van der Waals surface area contributed by atoms with E-state index in [-0.39, 0.29) is 6.61 Å². The van der Waals surface area contributed by atoms with Gasteiger partial charge in [-0.25, -0.2) is 4.98 Å². The van der Waals surface area contributed by atoms with Crippen LogP contribution in [-0.4, -0.2) is 21.6 Å². The van der Waals surface area contributed by atoms with E-state index in [0.717, 1.165) is 12.2 Å². The van der Waals surface area contributed by atoms with Crippen molar-refractivity contribution in [3.63, 3.8) is 0 Å². The zero-order valence-corrected chi connectivity index (χ0v) is 11.5. The average Bonchev–Trinajstić information content (AvgIpc) is 2.46. The van der Waals surface area contributed by atoms with E-state index in [1.54, 1.807) is 18.5 Å². The smallest absolute Gasteiger partial charge is 0.147 e. The van der Waals surface area contributed by atoms with Gasteiger partial charge in [0, 0.05) is 18.9 Å². The van der Waals surface area contributed by atoms with Gasteiger partial charge in [-0.2, -0.15) is 0 Å². The maximum Gasteiger partial charge on any atom is 0.147 e. The van der Waals surface area contributed by atoms with E-state index < -0.39 is 0 Å². The van der Waals surface area contributed by atoms with Crippen LogP contribution < -0.4 is 4.90 Å². The summed E-state index contributed by atoms with van der Waals surface area (Å²) in [7, 11) is 0. The lowest BCUT2D eigenvalue weighted by atomic mass is 10.2. The van der Waals surface area contributed by atoms with Crippen molar-refractivity contribution in [1.82, 2.24) is 9.97 Å². The molecule has 0 aliphatic carbocycles. The van der Waals surface area contributed by atoms with Crippen LogP contribution in [0, 0.1) is 0 Å². The molecule has 1 N–H and O–H groups in total. The molecule has 0 saturated heterocycles. The lowest BCUT2D eigenvalue weighted by Crippen LogP contribution is -2.24. The molecule has 0 atom stereocenters. The third-order valence-corrected chi connectivity index (χ3v) is 3.10. The minimum absolute atomic E-state index is 0.0562. The van der Waals surface area contributed by atoms with Gasteiger partial charge in [0.2, 0.25) is 0 Å². The lowest BCUT2D eigenvalue weighted by molar-refractivity contribution is 0.281. The highest BCUT2D eigenvalue weighted by Crippen LogP contribution is 2.25. The predicted molar refractivity (Wildman–Crippen MR) is 76.1 cm³/mol. The van der Waals surface area contributed by atoms with E-state index in [4.69, 9.17) is 16.7 Å². The largest absolute Gasteiger partial charge is 0.392 e. The second kappa shape index (κ2) is 6.50. The number of hydrogen-bond acceptors (Lipinski definition) is 4. The molecule has 0 aliphatic heterocycles. The summed E-state index contributed by atoms with van der Waals surface area (Å²) in [6.07, 6.45) is 3.41. The van der Waals surface area contributed by atoms with Crippen LogP contribution in [0.5, 0.6) is 0 Å². The molecule has 2 aromatic rings. The van der Waals surface area contributed by atoms with E-state index >= 15 is 0 Å². The van der Waals surface area contributed by atoms with Crippen molar-refractivity contribution in [2.75, 3.05) is 11.4 Å². The first-order chi connectivity index (χ1) is 9.24. The molecule has 0 saturated carbocycles. The van der Waals surface area contributed by atoms with Crippen molar-refractivity contribution >= 4 is 17.4 Å². The van der Waals surface area contributed by atoms with Gasteiger partial charge in [0.1, 0.15) is 5.82 Å². The standard InChI is InChI=1S/C14H16ClN3O/c1-2-18(9-12-5-3-4-6-16-12)14-13(15)7-11(10-19)8-17-14/h3-8,19H,2,9-10H2,1H3. The number of nitrogens with zero attached hydrogens (tertiary/aromatic N) is 3. The summed E-state index contributed by atoms with van der Waals surface area (Å²) in [4.78, 5) is 10.7. The molecule has 100 valence electrons. The van der Waals surface area contributed by atoms with Crippen LogP contribution in [0.25, 0.3) is 0 Å². The highest BCUT2D eigenvalue weighted by molar-refractivity contribution is 6.33. The zero-order chi connectivity index (χ0) is 13.7. The minimum Gasteiger partial charge on any atom is -0.392 e. The molecular weight excluding hydrogens is 262 g/mol. The summed E-state index contributed by atoms with van der Waals surface area (Å²) in [5.74, 6) is 0.715. The number of aliphatic hydroxyl groups is 1. The lowest BCUT2D eigenvalue weighted by Gasteiger charge is -2.22. The quantitative estimate of drug-likeness (QED) is 0.913. The zero-order valence-electron chi connectivity index (χ0n) is 10.8. The fraction of sp³-hybridized carbons (Fsp3) is 0.286. The van der Waals surface area contributed by atoms with Crippen molar-refractivity contribution in [1.29, 1.82) is 0 Å². The molecule has 0 radical (unpaired) electrons. The van der Waals surface area contributed by atoms with Gasteiger partial charge in [0.25, 0.3) is 0 Å². The van der Waals surface area contributed by atoms with Crippen LogP contribution in [0.4, 0.5) is 5.82 Å². The summed E-state index contributed by atoms with van der Waals surface area (Å²) < 4.78 is 0. The molecule has 0 bridgehead atoms. The Labute approximate surface area is 117 Å². The van der Waals surface area contributed by atoms with E-state index in [1.165, 1.54) is 0 Å². The Hall–Kier alpha value is -1.65. The van der Waals surface area contributed by atoms with Gasteiger partial charge >= 0.3 is 0 Å². The summed E-state index contributed by atoms with van der Waals surface area (Å²) in [6, 6.07) is 7.56. The molecule has 5 heteroatoms. The maximum absolute atomic E-state index is 9.06. The Kier molecular flexibility index (Phi) is 4.71. The van der Waals surface area contributed by atoms with Crippen molar-refractivity contribution in [2.24, 2.45) is 0 Å². The fourth-order valence-electron chi connectivity index (χ4n) is 1.81. The third-order valence-electron chi connectivity index (χ3n) is 2.82. The predicted octanol–water partition coefficient (Wildman–Crippen LogP) is 2.65. The number of aromatic nitrogens is 2. The number of anilines is 1. The number of pyridine rings is 2. The molecule has 0 spiro atoms. The van der Waals surface area contributed by atoms with Gasteiger partial charge in [-0.3, -0.25) is 4.98 Å².